The largest absolute Gasteiger partial charge is 0.346 e. The van der Waals surface area contributed by atoms with Gasteiger partial charge in [0.15, 0.2) is 0 Å². The van der Waals surface area contributed by atoms with Crippen LogP contribution in [0.15, 0.2) is 24.3 Å². The van der Waals surface area contributed by atoms with Crippen molar-refractivity contribution in [3.05, 3.63) is 29.8 Å². The van der Waals surface area contributed by atoms with Crippen LogP contribution in [0.2, 0.25) is 0 Å². The first kappa shape index (κ1) is 18.9. The standard InChI is InChI=1S/C18H26N4O3/c1-12(2)16(19)17(24)20-11-15(23)21-14-7-5-6-13(10-14)18(25)22-8-3-4-9-22/h5-7,10,12,16H,3-4,8-9,11,19H2,1-2H3,(H,20,24)(H,21,23)/t16-/m0/s1. The molecule has 0 unspecified atom stereocenters. The maximum Gasteiger partial charge on any atom is 0.253 e. The van der Waals surface area contributed by atoms with Crippen molar-refractivity contribution in [3.8, 4) is 0 Å². The fourth-order valence-corrected chi connectivity index (χ4v) is 2.63. The van der Waals surface area contributed by atoms with Gasteiger partial charge < -0.3 is 21.3 Å². The Morgan fingerprint density at radius 2 is 1.88 bits per heavy atom. The van der Waals surface area contributed by atoms with Gasteiger partial charge in [0.1, 0.15) is 0 Å². The summed E-state index contributed by atoms with van der Waals surface area (Å²) in [6, 6.07) is 6.18. The Bertz CT molecular complexity index is 639. The smallest absolute Gasteiger partial charge is 0.253 e. The van der Waals surface area contributed by atoms with E-state index in [0.717, 1.165) is 25.9 Å². The zero-order chi connectivity index (χ0) is 18.4. The number of nitrogens with two attached hydrogens (primary N) is 1. The maximum atomic E-state index is 12.4. The molecule has 1 aromatic rings. The lowest BCUT2D eigenvalue weighted by atomic mass is 10.1. The molecular formula is C18H26N4O3. The van der Waals surface area contributed by atoms with E-state index in [1.165, 1.54) is 0 Å². The third kappa shape index (κ3) is 5.29. The topological polar surface area (TPSA) is 105 Å². The van der Waals surface area contributed by atoms with E-state index in [4.69, 9.17) is 5.73 Å². The Balaban J connectivity index is 1.89. The lowest BCUT2D eigenvalue weighted by Gasteiger charge is -2.16. The molecule has 1 aromatic carbocycles. The third-order valence-electron chi connectivity index (χ3n) is 4.23. The highest BCUT2D eigenvalue weighted by Gasteiger charge is 2.20. The minimum atomic E-state index is -0.644. The second-order valence-corrected chi connectivity index (χ2v) is 6.62. The van der Waals surface area contributed by atoms with Crippen LogP contribution in [0.4, 0.5) is 5.69 Å². The number of benzene rings is 1. The number of rotatable bonds is 6. The molecule has 0 aliphatic carbocycles. The maximum absolute atomic E-state index is 12.4. The first-order chi connectivity index (χ1) is 11.9. The molecule has 7 nitrogen and oxygen atoms in total. The molecular weight excluding hydrogens is 320 g/mol. The quantitative estimate of drug-likeness (QED) is 0.713. The van der Waals surface area contributed by atoms with E-state index < -0.39 is 6.04 Å². The van der Waals surface area contributed by atoms with Gasteiger partial charge in [-0.05, 0) is 37.0 Å². The Morgan fingerprint density at radius 3 is 2.52 bits per heavy atom. The first-order valence-electron chi connectivity index (χ1n) is 8.61. The van der Waals surface area contributed by atoms with Crippen LogP contribution in [0.5, 0.6) is 0 Å². The zero-order valence-electron chi connectivity index (χ0n) is 14.7. The highest BCUT2D eigenvalue weighted by atomic mass is 16.2. The highest BCUT2D eigenvalue weighted by molar-refractivity contribution is 5.98. The summed E-state index contributed by atoms with van der Waals surface area (Å²) in [5.74, 6) is -0.751. The molecule has 4 N–H and O–H groups in total. The minimum absolute atomic E-state index is 0.00339. The molecule has 7 heteroatoms. The number of nitrogens with zero attached hydrogens (tertiary/aromatic N) is 1. The highest BCUT2D eigenvalue weighted by Crippen LogP contribution is 2.16. The van der Waals surface area contributed by atoms with Crippen LogP contribution in [-0.4, -0.2) is 48.3 Å². The van der Waals surface area contributed by atoms with Gasteiger partial charge in [-0.15, -0.1) is 0 Å². The summed E-state index contributed by atoms with van der Waals surface area (Å²) in [7, 11) is 0. The average molecular weight is 346 g/mol. The Morgan fingerprint density at radius 1 is 1.20 bits per heavy atom. The molecule has 25 heavy (non-hydrogen) atoms. The predicted octanol–water partition coefficient (Wildman–Crippen LogP) is 0.961. The Kier molecular flexibility index (Phi) is 6.52. The number of hydrogen-bond donors (Lipinski definition) is 3. The van der Waals surface area contributed by atoms with E-state index in [0.29, 0.717) is 11.3 Å². The first-order valence-corrected chi connectivity index (χ1v) is 8.61. The summed E-state index contributed by atoms with van der Waals surface area (Å²) in [5, 5.41) is 5.20. The molecule has 136 valence electrons. The lowest BCUT2D eigenvalue weighted by Crippen LogP contribution is -2.46. The molecule has 1 atom stereocenters. The summed E-state index contributed by atoms with van der Waals surface area (Å²) >= 11 is 0. The molecule has 0 spiro atoms. The summed E-state index contributed by atoms with van der Waals surface area (Å²) < 4.78 is 0. The molecule has 1 fully saturated rings. The van der Waals surface area contributed by atoms with E-state index in [2.05, 4.69) is 10.6 Å². The van der Waals surface area contributed by atoms with E-state index in [-0.39, 0.29) is 30.2 Å². The molecule has 1 aliphatic rings. The van der Waals surface area contributed by atoms with Crippen molar-refractivity contribution in [1.29, 1.82) is 0 Å². The predicted molar refractivity (Wildman–Crippen MR) is 96.0 cm³/mol. The van der Waals surface area contributed by atoms with Crippen molar-refractivity contribution in [2.24, 2.45) is 11.7 Å². The monoisotopic (exact) mass is 346 g/mol. The van der Waals surface area contributed by atoms with Crippen LogP contribution in [0.25, 0.3) is 0 Å². The molecule has 1 aliphatic heterocycles. The fourth-order valence-electron chi connectivity index (χ4n) is 2.63. The normalized spacial score (nSPS) is 15.1. The van der Waals surface area contributed by atoms with E-state index in [9.17, 15) is 14.4 Å². The minimum Gasteiger partial charge on any atom is -0.346 e. The number of hydrogen-bond acceptors (Lipinski definition) is 4. The summed E-state index contributed by atoms with van der Waals surface area (Å²) in [6.45, 7) is 5.07. The third-order valence-corrected chi connectivity index (χ3v) is 4.23. The van der Waals surface area contributed by atoms with Crippen molar-refractivity contribution >= 4 is 23.4 Å². The van der Waals surface area contributed by atoms with Crippen molar-refractivity contribution in [2.75, 3.05) is 25.0 Å². The number of carbonyl (C=O) groups is 3. The SMILES string of the molecule is CC(C)[C@H](N)C(=O)NCC(=O)Nc1cccc(C(=O)N2CCCC2)c1. The van der Waals surface area contributed by atoms with Gasteiger partial charge in [-0.1, -0.05) is 19.9 Å². The van der Waals surface area contributed by atoms with Crippen LogP contribution >= 0.6 is 0 Å². The summed E-state index contributed by atoms with van der Waals surface area (Å²) in [6.07, 6.45) is 2.06. The molecule has 0 aromatic heterocycles. The molecule has 1 heterocycles. The van der Waals surface area contributed by atoms with Gasteiger partial charge in [-0.25, -0.2) is 0 Å². The molecule has 2 rings (SSSR count). The Hall–Kier alpha value is -2.41. The van der Waals surface area contributed by atoms with Crippen LogP contribution in [-0.2, 0) is 9.59 Å². The number of amides is 3. The van der Waals surface area contributed by atoms with Gasteiger partial charge in [-0.2, -0.15) is 0 Å². The van der Waals surface area contributed by atoms with Crippen molar-refractivity contribution in [3.63, 3.8) is 0 Å². The van der Waals surface area contributed by atoms with Crippen molar-refractivity contribution < 1.29 is 14.4 Å². The van der Waals surface area contributed by atoms with Gasteiger partial charge in [-0.3, -0.25) is 14.4 Å². The number of nitrogens with one attached hydrogen (secondary N) is 2. The number of carbonyl (C=O) groups excluding carboxylic acids is 3. The van der Waals surface area contributed by atoms with E-state index >= 15 is 0 Å². The number of likely N-dealkylation sites (tertiary alicyclic amines) is 1. The molecule has 1 saturated heterocycles. The van der Waals surface area contributed by atoms with E-state index in [1.807, 2.05) is 18.7 Å². The number of anilines is 1. The fraction of sp³-hybridized carbons (Fsp3) is 0.500. The van der Waals surface area contributed by atoms with Gasteiger partial charge in [0.25, 0.3) is 5.91 Å². The Labute approximate surface area is 147 Å². The second kappa shape index (κ2) is 8.62. The molecule has 3 amide bonds. The van der Waals surface area contributed by atoms with Gasteiger partial charge in [0.2, 0.25) is 11.8 Å². The zero-order valence-corrected chi connectivity index (χ0v) is 14.7. The second-order valence-electron chi connectivity index (χ2n) is 6.62. The summed E-state index contributed by atoms with van der Waals surface area (Å²) in [4.78, 5) is 37.9. The lowest BCUT2D eigenvalue weighted by molar-refractivity contribution is -0.125. The van der Waals surface area contributed by atoms with Gasteiger partial charge in [0, 0.05) is 24.3 Å². The average Bonchev–Trinajstić information content (AvgIpc) is 3.13. The molecule has 0 radical (unpaired) electrons. The molecule has 0 saturated carbocycles. The van der Waals surface area contributed by atoms with Crippen LogP contribution in [0.1, 0.15) is 37.0 Å². The van der Waals surface area contributed by atoms with Gasteiger partial charge >= 0.3 is 0 Å². The molecule has 0 bridgehead atoms. The summed E-state index contributed by atoms with van der Waals surface area (Å²) in [5.41, 5.74) is 6.80. The van der Waals surface area contributed by atoms with Crippen molar-refractivity contribution in [1.82, 2.24) is 10.2 Å². The van der Waals surface area contributed by atoms with E-state index in [1.54, 1.807) is 24.3 Å². The van der Waals surface area contributed by atoms with Crippen LogP contribution in [0.3, 0.4) is 0 Å². The van der Waals surface area contributed by atoms with Crippen molar-refractivity contribution in [2.45, 2.75) is 32.7 Å². The van der Waals surface area contributed by atoms with Gasteiger partial charge in [0.05, 0.1) is 12.6 Å². The van der Waals surface area contributed by atoms with Crippen LogP contribution in [0, 0.1) is 5.92 Å². The van der Waals surface area contributed by atoms with Crippen LogP contribution < -0.4 is 16.4 Å².